The van der Waals surface area contributed by atoms with Crippen LogP contribution >= 0.6 is 0 Å². The molecule has 6 nitrogen and oxygen atoms in total. The standard InChI is InChI=1S/C28H26N2O4/c1-19-9-3-7-13-24(19)30-28(32)23-15-20-10-4-5-11-21(20)16-26(23)34-18-27(31)29-17-22-12-6-8-14-25(22)33-2/h3-16H,17-18H2,1-2H3,(H,29,31)(H,30,32). The van der Waals surface area contributed by atoms with Gasteiger partial charge in [0.15, 0.2) is 6.61 Å². The van der Waals surface area contributed by atoms with Crippen LogP contribution in [0.1, 0.15) is 21.5 Å². The molecule has 0 fully saturated rings. The van der Waals surface area contributed by atoms with E-state index >= 15 is 0 Å². The van der Waals surface area contributed by atoms with E-state index in [9.17, 15) is 9.59 Å². The van der Waals surface area contributed by atoms with Crippen molar-refractivity contribution in [1.82, 2.24) is 5.32 Å². The van der Waals surface area contributed by atoms with E-state index in [0.717, 1.165) is 27.6 Å². The summed E-state index contributed by atoms with van der Waals surface area (Å²) >= 11 is 0. The summed E-state index contributed by atoms with van der Waals surface area (Å²) < 4.78 is 11.2. The Morgan fingerprint density at radius 1 is 0.824 bits per heavy atom. The van der Waals surface area contributed by atoms with Crippen molar-refractivity contribution in [1.29, 1.82) is 0 Å². The topological polar surface area (TPSA) is 76.7 Å². The smallest absolute Gasteiger partial charge is 0.259 e. The first-order valence-electron chi connectivity index (χ1n) is 11.0. The molecule has 0 bridgehead atoms. The molecule has 0 aliphatic carbocycles. The quantitative estimate of drug-likeness (QED) is 0.388. The van der Waals surface area contributed by atoms with Gasteiger partial charge < -0.3 is 20.1 Å². The summed E-state index contributed by atoms with van der Waals surface area (Å²) in [6, 6.07) is 26.3. The fourth-order valence-corrected chi connectivity index (χ4v) is 3.66. The highest BCUT2D eigenvalue weighted by Crippen LogP contribution is 2.27. The first-order valence-corrected chi connectivity index (χ1v) is 11.0. The summed E-state index contributed by atoms with van der Waals surface area (Å²) in [5, 5.41) is 7.60. The molecule has 0 saturated heterocycles. The third-order valence-electron chi connectivity index (χ3n) is 5.51. The molecule has 0 radical (unpaired) electrons. The number of anilines is 1. The number of carbonyl (C=O) groups excluding carboxylic acids is 2. The minimum absolute atomic E-state index is 0.224. The van der Waals surface area contributed by atoms with Crippen molar-refractivity contribution in [2.75, 3.05) is 19.0 Å². The molecule has 4 aromatic carbocycles. The Kier molecular flexibility index (Phi) is 7.08. The Morgan fingerprint density at radius 3 is 2.26 bits per heavy atom. The van der Waals surface area contributed by atoms with Crippen LogP contribution < -0.4 is 20.1 Å². The minimum Gasteiger partial charge on any atom is -0.496 e. The lowest BCUT2D eigenvalue weighted by Gasteiger charge is -2.15. The van der Waals surface area contributed by atoms with Crippen LogP contribution in [0, 0.1) is 6.92 Å². The van der Waals surface area contributed by atoms with Crippen molar-refractivity contribution in [3.8, 4) is 11.5 Å². The molecule has 6 heteroatoms. The normalized spacial score (nSPS) is 10.5. The fourth-order valence-electron chi connectivity index (χ4n) is 3.66. The maximum atomic E-state index is 13.2. The van der Waals surface area contributed by atoms with E-state index in [2.05, 4.69) is 10.6 Å². The second-order valence-corrected chi connectivity index (χ2v) is 7.84. The van der Waals surface area contributed by atoms with Gasteiger partial charge in [-0.1, -0.05) is 60.7 Å². The van der Waals surface area contributed by atoms with Crippen LogP contribution in [0.5, 0.6) is 11.5 Å². The summed E-state index contributed by atoms with van der Waals surface area (Å²) in [7, 11) is 1.59. The molecule has 4 rings (SSSR count). The Bertz CT molecular complexity index is 1330. The molecule has 0 atom stereocenters. The van der Waals surface area contributed by atoms with Crippen LogP contribution in [0.15, 0.2) is 84.9 Å². The second kappa shape index (κ2) is 10.5. The van der Waals surface area contributed by atoms with Gasteiger partial charge in [0.1, 0.15) is 11.5 Å². The zero-order valence-electron chi connectivity index (χ0n) is 19.1. The molecule has 0 aliphatic rings. The molecule has 0 aromatic heterocycles. The van der Waals surface area contributed by atoms with Gasteiger partial charge in [0.25, 0.3) is 11.8 Å². The number of amides is 2. The van der Waals surface area contributed by atoms with Crippen LogP contribution in [0.4, 0.5) is 5.69 Å². The van der Waals surface area contributed by atoms with Crippen molar-refractivity contribution in [3.63, 3.8) is 0 Å². The van der Waals surface area contributed by atoms with Crippen LogP contribution in [-0.4, -0.2) is 25.5 Å². The van der Waals surface area contributed by atoms with E-state index in [0.29, 0.717) is 23.6 Å². The summed E-state index contributed by atoms with van der Waals surface area (Å²) in [4.78, 5) is 25.6. The largest absolute Gasteiger partial charge is 0.496 e. The summed E-state index contributed by atoms with van der Waals surface area (Å²) in [5.41, 5.74) is 2.90. The number of fused-ring (bicyclic) bond motifs is 1. The maximum Gasteiger partial charge on any atom is 0.259 e. The van der Waals surface area contributed by atoms with Crippen molar-refractivity contribution in [3.05, 3.63) is 102 Å². The molecule has 0 aliphatic heterocycles. The van der Waals surface area contributed by atoms with Crippen LogP contribution in [-0.2, 0) is 11.3 Å². The van der Waals surface area contributed by atoms with Gasteiger partial charge in [-0.05, 0) is 47.5 Å². The Balaban J connectivity index is 1.51. The molecule has 0 heterocycles. The number of rotatable bonds is 8. The SMILES string of the molecule is COc1ccccc1CNC(=O)COc1cc2ccccc2cc1C(=O)Nc1ccccc1C. The fraction of sp³-hybridized carbons (Fsp3) is 0.143. The van der Waals surface area contributed by atoms with Crippen molar-refractivity contribution in [2.24, 2.45) is 0 Å². The van der Waals surface area contributed by atoms with Gasteiger partial charge in [0.05, 0.1) is 12.7 Å². The number of para-hydroxylation sites is 2. The molecular formula is C28H26N2O4. The van der Waals surface area contributed by atoms with Crippen molar-refractivity contribution in [2.45, 2.75) is 13.5 Å². The summed E-state index contributed by atoms with van der Waals surface area (Å²) in [5.74, 6) is 0.444. The molecule has 2 N–H and O–H groups in total. The van der Waals surface area contributed by atoms with Crippen molar-refractivity contribution >= 4 is 28.3 Å². The number of ether oxygens (including phenoxy) is 2. The number of nitrogens with one attached hydrogen (secondary N) is 2. The predicted molar refractivity (Wildman–Crippen MR) is 133 cm³/mol. The van der Waals surface area contributed by atoms with Crippen molar-refractivity contribution < 1.29 is 19.1 Å². The number of hydrogen-bond acceptors (Lipinski definition) is 4. The second-order valence-electron chi connectivity index (χ2n) is 7.84. The van der Waals surface area contributed by atoms with Gasteiger partial charge in [-0.2, -0.15) is 0 Å². The number of aryl methyl sites for hydroxylation is 1. The van der Waals surface area contributed by atoms with Gasteiger partial charge >= 0.3 is 0 Å². The number of carbonyl (C=O) groups is 2. The van der Waals surface area contributed by atoms with Crippen LogP contribution in [0.2, 0.25) is 0 Å². The molecule has 0 unspecified atom stereocenters. The third-order valence-corrected chi connectivity index (χ3v) is 5.51. The van der Waals surface area contributed by atoms with E-state index in [-0.39, 0.29) is 18.4 Å². The molecule has 0 spiro atoms. The zero-order valence-corrected chi connectivity index (χ0v) is 19.1. The maximum absolute atomic E-state index is 13.2. The van der Waals surface area contributed by atoms with Gasteiger partial charge in [0.2, 0.25) is 0 Å². The molecular weight excluding hydrogens is 428 g/mol. The van der Waals surface area contributed by atoms with E-state index in [1.54, 1.807) is 19.2 Å². The minimum atomic E-state index is -0.302. The third kappa shape index (κ3) is 5.35. The van der Waals surface area contributed by atoms with Gasteiger partial charge in [0, 0.05) is 17.8 Å². The van der Waals surface area contributed by atoms with Crippen LogP contribution in [0.3, 0.4) is 0 Å². The average Bonchev–Trinajstić information content (AvgIpc) is 2.87. The lowest BCUT2D eigenvalue weighted by Crippen LogP contribution is -2.29. The van der Waals surface area contributed by atoms with E-state index < -0.39 is 0 Å². The molecule has 0 saturated carbocycles. The zero-order chi connectivity index (χ0) is 23.9. The lowest BCUT2D eigenvalue weighted by atomic mass is 10.0. The number of hydrogen-bond donors (Lipinski definition) is 2. The van der Waals surface area contributed by atoms with E-state index in [1.807, 2.05) is 79.7 Å². The molecule has 172 valence electrons. The molecule has 4 aromatic rings. The van der Waals surface area contributed by atoms with Gasteiger partial charge in [-0.15, -0.1) is 0 Å². The van der Waals surface area contributed by atoms with Crippen LogP contribution in [0.25, 0.3) is 10.8 Å². The number of methoxy groups -OCH3 is 1. The average molecular weight is 455 g/mol. The highest BCUT2D eigenvalue weighted by Gasteiger charge is 2.16. The van der Waals surface area contributed by atoms with E-state index in [4.69, 9.17) is 9.47 Å². The van der Waals surface area contributed by atoms with E-state index in [1.165, 1.54) is 0 Å². The van der Waals surface area contributed by atoms with Gasteiger partial charge in [-0.3, -0.25) is 9.59 Å². The highest BCUT2D eigenvalue weighted by molar-refractivity contribution is 6.09. The Labute approximate surface area is 198 Å². The monoisotopic (exact) mass is 454 g/mol. The lowest BCUT2D eigenvalue weighted by molar-refractivity contribution is -0.123. The Morgan fingerprint density at radius 2 is 1.50 bits per heavy atom. The first kappa shape index (κ1) is 22.9. The highest BCUT2D eigenvalue weighted by atomic mass is 16.5. The first-order chi connectivity index (χ1) is 16.5. The summed E-state index contributed by atoms with van der Waals surface area (Å²) in [6.07, 6.45) is 0. The Hall–Kier alpha value is -4.32. The molecule has 34 heavy (non-hydrogen) atoms. The summed E-state index contributed by atoms with van der Waals surface area (Å²) in [6.45, 7) is 2.02. The predicted octanol–water partition coefficient (Wildman–Crippen LogP) is 5.10. The van der Waals surface area contributed by atoms with Gasteiger partial charge in [-0.25, -0.2) is 0 Å². The molecule has 2 amide bonds. The number of benzene rings is 4.